The molecule has 0 aliphatic carbocycles. The first kappa shape index (κ1) is 23.1. The normalized spacial score (nSPS) is 15.4. The monoisotopic (exact) mass is 378 g/mol. The highest BCUT2D eigenvalue weighted by Crippen LogP contribution is 2.05. The van der Waals surface area contributed by atoms with Crippen LogP contribution in [-0.2, 0) is 19.2 Å². The van der Waals surface area contributed by atoms with Crippen LogP contribution < -0.4 is 21.7 Å². The number of aliphatic carboxylic acids is 1. The summed E-state index contributed by atoms with van der Waals surface area (Å²) in [6.07, 6.45) is 0.663. The first-order valence-electron chi connectivity index (χ1n) is 7.75. The van der Waals surface area contributed by atoms with Crippen LogP contribution in [0.4, 0.5) is 0 Å². The molecule has 10 nitrogen and oxygen atoms in total. The Morgan fingerprint density at radius 1 is 1.08 bits per heavy atom. The number of nitrogens with one attached hydrogen (secondary N) is 3. The van der Waals surface area contributed by atoms with Crippen LogP contribution in [0.1, 0.15) is 20.3 Å². The van der Waals surface area contributed by atoms with E-state index in [1.165, 1.54) is 0 Å². The second kappa shape index (κ2) is 11.7. The zero-order valence-electron chi connectivity index (χ0n) is 14.2. The largest absolute Gasteiger partial charge is 0.480 e. The predicted octanol–water partition coefficient (Wildman–Crippen LogP) is -2.55. The molecule has 0 radical (unpaired) electrons. The summed E-state index contributed by atoms with van der Waals surface area (Å²) < 4.78 is 0. The molecule has 0 spiro atoms. The van der Waals surface area contributed by atoms with E-state index in [0.717, 1.165) is 0 Å². The molecule has 25 heavy (non-hydrogen) atoms. The standard InChI is InChI=1S/C14H26N4O6S/c1-3-7(2)11(15)14(24)17-8(5-19)13(23)18-9(6-25)12(22)16-4-10(20)21/h7-9,11,19,25H,3-6,15H2,1-2H3,(H,16,22)(H,17,24)(H,18,23)(H,20,21). The number of amides is 3. The van der Waals surface area contributed by atoms with Crippen LogP contribution in [0.15, 0.2) is 0 Å². The number of carboxylic acid groups (broad SMARTS) is 1. The highest BCUT2D eigenvalue weighted by atomic mass is 32.1. The average molecular weight is 378 g/mol. The minimum atomic E-state index is -1.29. The molecule has 0 aliphatic heterocycles. The van der Waals surface area contributed by atoms with Crippen molar-refractivity contribution in [2.45, 2.75) is 38.4 Å². The van der Waals surface area contributed by atoms with Crippen molar-refractivity contribution in [1.29, 1.82) is 0 Å². The summed E-state index contributed by atoms with van der Waals surface area (Å²) in [5.41, 5.74) is 5.76. The molecule has 7 N–H and O–H groups in total. The lowest BCUT2D eigenvalue weighted by molar-refractivity contribution is -0.138. The average Bonchev–Trinajstić information content (AvgIpc) is 2.59. The van der Waals surface area contributed by atoms with Crippen molar-refractivity contribution >= 4 is 36.3 Å². The minimum Gasteiger partial charge on any atom is -0.480 e. The molecule has 0 saturated heterocycles. The number of aliphatic hydroxyl groups excluding tert-OH is 1. The minimum absolute atomic E-state index is 0.102. The third-order valence-corrected chi connectivity index (χ3v) is 3.97. The fourth-order valence-electron chi connectivity index (χ4n) is 1.73. The fraction of sp³-hybridized carbons (Fsp3) is 0.714. The van der Waals surface area contributed by atoms with Gasteiger partial charge < -0.3 is 31.9 Å². The molecule has 0 rings (SSSR count). The van der Waals surface area contributed by atoms with Crippen molar-refractivity contribution in [3.05, 3.63) is 0 Å². The Morgan fingerprint density at radius 2 is 1.64 bits per heavy atom. The van der Waals surface area contributed by atoms with Gasteiger partial charge in [0.2, 0.25) is 17.7 Å². The summed E-state index contributed by atoms with van der Waals surface area (Å²) in [6.45, 7) is 2.34. The summed E-state index contributed by atoms with van der Waals surface area (Å²) >= 11 is 3.92. The maximum atomic E-state index is 12.1. The Balaban J connectivity index is 4.77. The molecular weight excluding hydrogens is 352 g/mol. The van der Waals surface area contributed by atoms with Gasteiger partial charge >= 0.3 is 5.97 Å². The molecule has 0 saturated carbocycles. The van der Waals surface area contributed by atoms with E-state index in [2.05, 4.69) is 28.6 Å². The van der Waals surface area contributed by atoms with Crippen LogP contribution in [0.2, 0.25) is 0 Å². The Bertz CT molecular complexity index is 490. The van der Waals surface area contributed by atoms with Gasteiger partial charge in [0.25, 0.3) is 0 Å². The first-order valence-corrected chi connectivity index (χ1v) is 8.38. The van der Waals surface area contributed by atoms with Crippen LogP contribution in [-0.4, -0.2) is 70.9 Å². The highest BCUT2D eigenvalue weighted by Gasteiger charge is 2.28. The van der Waals surface area contributed by atoms with E-state index >= 15 is 0 Å². The number of carbonyl (C=O) groups excluding carboxylic acids is 3. The Labute approximate surface area is 151 Å². The second-order valence-electron chi connectivity index (χ2n) is 5.51. The number of carboxylic acids is 1. The van der Waals surface area contributed by atoms with Crippen LogP contribution in [0.25, 0.3) is 0 Å². The molecule has 0 fully saturated rings. The number of rotatable bonds is 11. The zero-order chi connectivity index (χ0) is 19.6. The van der Waals surface area contributed by atoms with Gasteiger partial charge in [-0.05, 0) is 5.92 Å². The number of hydrogen-bond donors (Lipinski definition) is 7. The van der Waals surface area contributed by atoms with E-state index in [0.29, 0.717) is 6.42 Å². The van der Waals surface area contributed by atoms with Gasteiger partial charge in [-0.15, -0.1) is 0 Å². The van der Waals surface area contributed by atoms with Gasteiger partial charge in [0, 0.05) is 5.75 Å². The molecule has 11 heteroatoms. The fourth-order valence-corrected chi connectivity index (χ4v) is 1.98. The number of nitrogens with two attached hydrogens (primary N) is 1. The Hall–Kier alpha value is -1.85. The van der Waals surface area contributed by atoms with Gasteiger partial charge in [-0.3, -0.25) is 19.2 Å². The Morgan fingerprint density at radius 3 is 2.08 bits per heavy atom. The van der Waals surface area contributed by atoms with Crippen LogP contribution >= 0.6 is 12.6 Å². The van der Waals surface area contributed by atoms with Crippen LogP contribution in [0.3, 0.4) is 0 Å². The topological polar surface area (TPSA) is 171 Å². The predicted molar refractivity (Wildman–Crippen MR) is 92.9 cm³/mol. The third-order valence-electron chi connectivity index (χ3n) is 3.60. The lowest BCUT2D eigenvalue weighted by atomic mass is 9.99. The van der Waals surface area contributed by atoms with Crippen LogP contribution in [0.5, 0.6) is 0 Å². The van der Waals surface area contributed by atoms with Crippen molar-refractivity contribution in [2.24, 2.45) is 11.7 Å². The molecule has 0 aromatic heterocycles. The second-order valence-corrected chi connectivity index (χ2v) is 5.88. The van der Waals surface area contributed by atoms with E-state index in [1.54, 1.807) is 6.92 Å². The van der Waals surface area contributed by atoms with Crippen molar-refractivity contribution in [2.75, 3.05) is 18.9 Å². The van der Waals surface area contributed by atoms with Crippen molar-refractivity contribution in [3.63, 3.8) is 0 Å². The number of carbonyl (C=O) groups is 4. The molecular formula is C14H26N4O6S. The summed E-state index contributed by atoms with van der Waals surface area (Å²) in [6, 6.07) is -3.26. The molecule has 0 bridgehead atoms. The summed E-state index contributed by atoms with van der Waals surface area (Å²) in [5, 5.41) is 24.6. The van der Waals surface area contributed by atoms with Gasteiger partial charge in [0.05, 0.1) is 12.6 Å². The molecule has 0 aromatic rings. The maximum absolute atomic E-state index is 12.1. The summed E-state index contributed by atoms with van der Waals surface area (Å²) in [7, 11) is 0. The van der Waals surface area contributed by atoms with Gasteiger partial charge in [-0.2, -0.15) is 12.6 Å². The molecule has 144 valence electrons. The highest BCUT2D eigenvalue weighted by molar-refractivity contribution is 7.80. The van der Waals surface area contributed by atoms with E-state index in [1.807, 2.05) is 6.92 Å². The smallest absolute Gasteiger partial charge is 0.322 e. The number of aliphatic hydroxyl groups is 1. The molecule has 0 heterocycles. The lowest BCUT2D eigenvalue weighted by Crippen LogP contribution is -2.58. The van der Waals surface area contributed by atoms with E-state index in [9.17, 15) is 24.3 Å². The zero-order valence-corrected chi connectivity index (χ0v) is 15.1. The van der Waals surface area contributed by atoms with Gasteiger partial charge in [0.15, 0.2) is 0 Å². The van der Waals surface area contributed by atoms with E-state index in [4.69, 9.17) is 10.8 Å². The van der Waals surface area contributed by atoms with Gasteiger partial charge in [-0.1, -0.05) is 20.3 Å². The van der Waals surface area contributed by atoms with E-state index < -0.39 is 55.0 Å². The first-order chi connectivity index (χ1) is 11.7. The van der Waals surface area contributed by atoms with Crippen molar-refractivity contribution < 1.29 is 29.4 Å². The van der Waals surface area contributed by atoms with Gasteiger partial charge in [0.1, 0.15) is 18.6 Å². The molecule has 3 amide bonds. The lowest BCUT2D eigenvalue weighted by Gasteiger charge is -2.23. The molecule has 4 atom stereocenters. The summed E-state index contributed by atoms with van der Waals surface area (Å²) in [4.78, 5) is 46.3. The summed E-state index contributed by atoms with van der Waals surface area (Å²) in [5.74, 6) is -3.61. The van der Waals surface area contributed by atoms with Crippen molar-refractivity contribution in [3.8, 4) is 0 Å². The Kier molecular flexibility index (Phi) is 10.8. The number of hydrogen-bond acceptors (Lipinski definition) is 7. The van der Waals surface area contributed by atoms with Crippen LogP contribution in [0, 0.1) is 5.92 Å². The van der Waals surface area contributed by atoms with Gasteiger partial charge in [-0.25, -0.2) is 0 Å². The van der Waals surface area contributed by atoms with E-state index in [-0.39, 0.29) is 11.7 Å². The third kappa shape index (κ3) is 8.18. The molecule has 4 unspecified atom stereocenters. The number of thiol groups is 1. The SMILES string of the molecule is CCC(C)C(N)C(=O)NC(CO)C(=O)NC(CS)C(=O)NCC(=O)O. The van der Waals surface area contributed by atoms with Crippen molar-refractivity contribution in [1.82, 2.24) is 16.0 Å². The molecule has 0 aliphatic rings. The molecule has 0 aromatic carbocycles. The maximum Gasteiger partial charge on any atom is 0.322 e. The quantitative estimate of drug-likeness (QED) is 0.194.